The summed E-state index contributed by atoms with van der Waals surface area (Å²) in [5.74, 6) is 0. The Morgan fingerprint density at radius 1 is 0.900 bits per heavy atom. The second-order valence-corrected chi connectivity index (χ2v) is 14.0. The smallest absolute Gasteiger partial charge is 0.344 e. The van der Waals surface area contributed by atoms with Gasteiger partial charge in [-0.05, 0) is 6.42 Å². The van der Waals surface area contributed by atoms with Gasteiger partial charge in [0.05, 0.1) is 0 Å². The molecular weight excluding hydrogens is 340 g/mol. The summed E-state index contributed by atoms with van der Waals surface area (Å²) in [7, 11) is -9.30. The summed E-state index contributed by atoms with van der Waals surface area (Å²) < 4.78 is 43.6. The van der Waals surface area contributed by atoms with Crippen LogP contribution in [0, 0.1) is 0 Å². The van der Waals surface area contributed by atoms with Crippen LogP contribution in [-0.2, 0) is 18.3 Å². The van der Waals surface area contributed by atoms with Crippen molar-refractivity contribution in [2.24, 2.45) is 0 Å². The van der Waals surface area contributed by atoms with Crippen LogP contribution in [0.15, 0.2) is 0 Å². The molecule has 2 N–H and O–H groups in total. The summed E-state index contributed by atoms with van der Waals surface area (Å²) in [4.78, 5) is 18.1. The summed E-state index contributed by atoms with van der Waals surface area (Å²) in [6.45, 7) is 9.06. The average molecular weight is 366 g/mol. The molecule has 0 aromatic rings. The molecule has 20 heavy (non-hydrogen) atoms. The molecule has 4 atom stereocenters. The topological polar surface area (TPSA) is 109 Å². The minimum atomic E-state index is -3.41. The molecule has 0 saturated heterocycles. The first kappa shape index (κ1) is 22.9. The van der Waals surface area contributed by atoms with E-state index in [4.69, 9.17) is 9.79 Å². The molecule has 0 aliphatic heterocycles. The van der Waals surface area contributed by atoms with Crippen LogP contribution in [0.4, 0.5) is 0 Å². The van der Waals surface area contributed by atoms with Gasteiger partial charge in [0.2, 0.25) is 14.7 Å². The van der Waals surface area contributed by atoms with Crippen LogP contribution in [0.3, 0.4) is 0 Å². The van der Waals surface area contributed by atoms with Gasteiger partial charge >= 0.3 is 21.0 Å². The van der Waals surface area contributed by atoms with Gasteiger partial charge in [-0.3, -0.25) is 9.13 Å². The second-order valence-electron chi connectivity index (χ2n) is 4.76. The van der Waals surface area contributed by atoms with Crippen molar-refractivity contribution in [2.75, 3.05) is 26.7 Å². The summed E-state index contributed by atoms with van der Waals surface area (Å²) in [6, 6.07) is 0. The lowest BCUT2D eigenvalue weighted by molar-refractivity contribution is 0.455. The third kappa shape index (κ3) is 9.50. The molecule has 0 aromatic heterocycles. The fraction of sp³-hybridized carbons (Fsp3) is 1.00. The van der Waals surface area contributed by atoms with E-state index >= 15 is 0 Å². The molecule has 120 valence electrons. The van der Waals surface area contributed by atoms with E-state index in [2.05, 4.69) is 0 Å². The van der Waals surface area contributed by atoms with Crippen molar-refractivity contribution < 1.29 is 28.0 Å². The van der Waals surface area contributed by atoms with Crippen LogP contribution in [0.2, 0.25) is 0 Å². The zero-order chi connectivity index (χ0) is 16.7. The Labute approximate surface area is 123 Å². The van der Waals surface area contributed by atoms with Gasteiger partial charge in [0, 0.05) is 19.8 Å². The zero-order valence-electron chi connectivity index (χ0n) is 12.9. The van der Waals surface area contributed by atoms with E-state index in [1.54, 1.807) is 20.3 Å². The molecule has 0 saturated carbocycles. The Morgan fingerprint density at radius 3 is 1.20 bits per heavy atom. The summed E-state index contributed by atoms with van der Waals surface area (Å²) in [5.41, 5.74) is 0. The predicted molar refractivity (Wildman–Crippen MR) is 86.7 cm³/mol. The largest absolute Gasteiger partial charge is 0.389 e. The molecule has 0 spiro atoms. The summed E-state index contributed by atoms with van der Waals surface area (Å²) >= 11 is 0. The third-order valence-corrected chi connectivity index (χ3v) is 12.5. The Balaban J connectivity index is 0. The fourth-order valence-corrected chi connectivity index (χ4v) is 9.21. The quantitative estimate of drug-likeness (QED) is 0.683. The van der Waals surface area contributed by atoms with Crippen LogP contribution < -0.4 is 0 Å². The number of hydrogen-bond acceptors (Lipinski definition) is 4. The Bertz CT molecular complexity index is 387. The molecule has 4 unspecified atom stereocenters. The normalized spacial score (nSPS) is 21.4. The van der Waals surface area contributed by atoms with Crippen LogP contribution >= 0.6 is 30.3 Å². The van der Waals surface area contributed by atoms with Crippen molar-refractivity contribution in [1.82, 2.24) is 0 Å². The number of hydrogen-bond donors (Lipinski definition) is 2. The monoisotopic (exact) mass is 366 g/mol. The highest BCUT2D eigenvalue weighted by atomic mass is 31.2. The van der Waals surface area contributed by atoms with Gasteiger partial charge in [-0.15, -0.1) is 0 Å². The fourth-order valence-electron chi connectivity index (χ4n) is 1.82. The zero-order valence-corrected chi connectivity index (χ0v) is 16.5. The molecule has 0 bridgehead atoms. The van der Waals surface area contributed by atoms with Crippen molar-refractivity contribution in [1.29, 1.82) is 0 Å². The molecule has 0 radical (unpaired) electrons. The van der Waals surface area contributed by atoms with E-state index in [1.165, 1.54) is 0 Å². The Kier molecular flexibility index (Phi) is 10.9. The molecule has 0 heterocycles. The maximum Gasteiger partial charge on any atom is 0.389 e. The highest BCUT2D eigenvalue weighted by Gasteiger charge is 2.37. The van der Waals surface area contributed by atoms with Crippen molar-refractivity contribution in [3.63, 3.8) is 0 Å². The van der Waals surface area contributed by atoms with Gasteiger partial charge in [0.1, 0.15) is 18.7 Å². The lowest BCUT2D eigenvalue weighted by Gasteiger charge is -2.20. The molecule has 0 fully saturated rings. The first-order valence-electron chi connectivity index (χ1n) is 6.18. The van der Waals surface area contributed by atoms with Crippen molar-refractivity contribution in [3.05, 3.63) is 0 Å². The minimum Gasteiger partial charge on any atom is -0.344 e. The summed E-state index contributed by atoms with van der Waals surface area (Å²) in [5, 5.41) is -1.02. The maximum atomic E-state index is 11.0. The van der Waals surface area contributed by atoms with Crippen LogP contribution in [0.5, 0.6) is 0 Å². The van der Waals surface area contributed by atoms with Gasteiger partial charge in [0.25, 0.3) is 0 Å². The first-order chi connectivity index (χ1) is 8.78. The molecule has 6 nitrogen and oxygen atoms in total. The average Bonchev–Trinajstić information content (AvgIpc) is 2.13. The van der Waals surface area contributed by atoms with E-state index in [-0.39, 0.29) is 11.8 Å². The van der Waals surface area contributed by atoms with Crippen molar-refractivity contribution in [2.45, 2.75) is 37.5 Å². The van der Waals surface area contributed by atoms with Crippen molar-refractivity contribution in [3.8, 4) is 0 Å². The molecule has 0 amide bonds. The minimum absolute atomic E-state index is 0.0602. The Morgan fingerprint density at radius 2 is 1.20 bits per heavy atom. The highest BCUT2D eigenvalue weighted by molar-refractivity contribution is 7.75. The van der Waals surface area contributed by atoms with Gasteiger partial charge in [-0.1, -0.05) is 23.0 Å². The lowest BCUT2D eigenvalue weighted by Crippen LogP contribution is -2.06. The summed E-state index contributed by atoms with van der Waals surface area (Å²) in [6.07, 6.45) is 1.02. The van der Waals surface area contributed by atoms with E-state index < -0.39 is 35.7 Å². The number of rotatable bonds is 6. The molecule has 0 aliphatic rings. The van der Waals surface area contributed by atoms with E-state index in [1.807, 2.05) is 6.92 Å². The lowest BCUT2D eigenvalue weighted by atomic mass is 10.6. The van der Waals surface area contributed by atoms with Crippen LogP contribution in [0.1, 0.15) is 26.7 Å². The Hall–Kier alpha value is 0.580. The van der Waals surface area contributed by atoms with Crippen LogP contribution in [-0.4, -0.2) is 47.2 Å². The van der Waals surface area contributed by atoms with E-state index in [0.717, 1.165) is 19.8 Å². The predicted octanol–water partition coefficient (Wildman–Crippen LogP) is 4.16. The van der Waals surface area contributed by atoms with E-state index in [0.29, 0.717) is 0 Å². The van der Waals surface area contributed by atoms with Gasteiger partial charge in [0.15, 0.2) is 0 Å². The van der Waals surface area contributed by atoms with Gasteiger partial charge < -0.3 is 9.79 Å². The van der Waals surface area contributed by atoms with Gasteiger partial charge in [-0.25, -0.2) is 0 Å². The van der Waals surface area contributed by atoms with Gasteiger partial charge in [-0.2, -0.15) is 0 Å². The van der Waals surface area contributed by atoms with Crippen LogP contribution in [0.25, 0.3) is 0 Å². The highest BCUT2D eigenvalue weighted by Crippen LogP contribution is 2.61. The second kappa shape index (κ2) is 9.57. The standard InChI is InChI=1S/C5H14O4P2.C5H12O2P2/c1-4-5(10(2,6)7)11(3,8)9;1-4-5(8(2)6)9(3)7/h5H,4H2,1-3H3,(H,6,7)(H,8,9);5H,4H2,1-3H3/q;+2. The molecule has 0 aliphatic carbocycles. The molecule has 0 rings (SSSR count). The SMILES string of the molecule is CCC(P(C)(=O)O)P(C)(=O)O.CCC([P+](C)=O)[P+](C)=O. The maximum absolute atomic E-state index is 11.0. The first-order valence-corrected chi connectivity index (χ1v) is 14.1. The third-order valence-electron chi connectivity index (χ3n) is 2.68. The van der Waals surface area contributed by atoms with Crippen molar-refractivity contribution >= 4 is 30.3 Å². The van der Waals surface area contributed by atoms with E-state index in [9.17, 15) is 18.3 Å². The molecular formula is C10H26O6P4+2. The molecule has 10 heteroatoms. The molecule has 0 aromatic carbocycles.